The summed E-state index contributed by atoms with van der Waals surface area (Å²) in [7, 11) is -5.86. The zero-order chi connectivity index (χ0) is 16.7. The van der Waals surface area contributed by atoms with Crippen LogP contribution in [0.5, 0.6) is 0 Å². The van der Waals surface area contributed by atoms with Crippen molar-refractivity contribution in [1.82, 2.24) is 4.98 Å². The average Bonchev–Trinajstić information content (AvgIpc) is 2.91. The van der Waals surface area contributed by atoms with Crippen LogP contribution in [0.25, 0.3) is 0 Å². The fourth-order valence-corrected chi connectivity index (χ4v) is 22.4. The van der Waals surface area contributed by atoms with Crippen molar-refractivity contribution in [2.24, 2.45) is 0 Å². The second-order valence-corrected chi connectivity index (χ2v) is 104. The van der Waals surface area contributed by atoms with Gasteiger partial charge in [0.15, 0.2) is 0 Å². The van der Waals surface area contributed by atoms with Crippen LogP contribution in [0.3, 0.4) is 0 Å². The van der Waals surface area contributed by atoms with Crippen LogP contribution in [0.1, 0.15) is 20.3 Å². The molecule has 4 heteroatoms. The van der Waals surface area contributed by atoms with Crippen molar-refractivity contribution >= 4 is 31.4 Å². The molecule has 0 atom stereocenters. The van der Waals surface area contributed by atoms with Gasteiger partial charge in [0.1, 0.15) is 0 Å². The quantitative estimate of drug-likeness (QED) is 0.497. The fourth-order valence-electron chi connectivity index (χ4n) is 4.27. The molecule has 1 aromatic heterocycles. The second-order valence-electron chi connectivity index (χ2n) is 19.5. The Kier molecular flexibility index (Phi) is 2.56. The van der Waals surface area contributed by atoms with Crippen LogP contribution < -0.4 is 3.40 Å². The molecule has 1 nitrogen and oxygen atoms in total. The normalized spacial score (nSPS) is 26.2. The number of halogens is 2. The van der Waals surface area contributed by atoms with Crippen molar-refractivity contribution in [3.05, 3.63) is 39.8 Å². The molecule has 0 fully saturated rings. The van der Waals surface area contributed by atoms with E-state index in [1.165, 1.54) is 9.89 Å². The van der Waals surface area contributed by atoms with Gasteiger partial charge in [0.25, 0.3) is 0 Å². The first-order valence-corrected chi connectivity index (χ1v) is 29.4. The van der Waals surface area contributed by atoms with Gasteiger partial charge in [-0.3, -0.25) is 0 Å². The number of allylic oxidation sites excluding steroid dienone is 4. The van der Waals surface area contributed by atoms with Crippen molar-refractivity contribution in [2.75, 3.05) is 0 Å². The number of H-pyrrole nitrogens is 1. The summed E-state index contributed by atoms with van der Waals surface area (Å²) in [5.41, 5.74) is 0. The maximum absolute atomic E-state index is 5.86. The summed E-state index contributed by atoms with van der Waals surface area (Å²) < 4.78 is 22.3. The molecule has 23 heavy (non-hydrogen) atoms. The Labute approximate surface area is 139 Å². The van der Waals surface area contributed by atoms with E-state index in [-0.39, 0.29) is 24.8 Å². The summed E-state index contributed by atoms with van der Waals surface area (Å²) in [6.45, 7) is 4.66. The van der Waals surface area contributed by atoms with Gasteiger partial charge in [-0.15, -0.1) is 24.8 Å². The van der Waals surface area contributed by atoms with Crippen LogP contribution in [0.15, 0.2) is 39.8 Å². The van der Waals surface area contributed by atoms with Crippen molar-refractivity contribution in [1.29, 1.82) is 0 Å². The van der Waals surface area contributed by atoms with Crippen LogP contribution in [0.4, 0.5) is 0 Å². The van der Waals surface area contributed by atoms with Crippen molar-refractivity contribution < 1.29 is 10.9 Å². The topological polar surface area (TPSA) is 15.8 Å². The first-order valence-electron chi connectivity index (χ1n) is 8.46. The summed E-state index contributed by atoms with van der Waals surface area (Å²) in [5, 5.41) is 0. The predicted octanol–water partition coefficient (Wildman–Crippen LogP) is 7.24. The molecule has 0 saturated heterocycles. The van der Waals surface area contributed by atoms with Crippen LogP contribution in [-0.4, -0.2) is 8.19 Å². The van der Waals surface area contributed by atoms with Crippen molar-refractivity contribution in [3.8, 4) is 0 Å². The van der Waals surface area contributed by atoms with E-state index >= 15 is 0 Å². The molecule has 0 unspecified atom stereocenters. The van der Waals surface area contributed by atoms with Gasteiger partial charge in [0.2, 0.25) is 0 Å². The second kappa shape index (κ2) is 2.55. The molecular weight excluding hydrogens is 404 g/mol. The fraction of sp³-hybridized carbons (Fsp3) is 0.526. The maximum atomic E-state index is 3.65. The van der Waals surface area contributed by atoms with Gasteiger partial charge in [-0.1, -0.05) is 0 Å². The Morgan fingerprint density at radius 1 is 0.957 bits per heavy atom. The molecule has 137 valence electrons. The van der Waals surface area contributed by atoms with Gasteiger partial charge >= 0.3 is 115 Å². The molecular formula is C19H38Cl2NZr. The third-order valence-corrected chi connectivity index (χ3v) is 54.7. The molecule has 0 aromatic carbocycles. The van der Waals surface area contributed by atoms with Crippen molar-refractivity contribution in [2.45, 2.75) is 52.7 Å². The number of hydrogen-bond donors (Lipinski definition) is 1. The summed E-state index contributed by atoms with van der Waals surface area (Å²) in [4.78, 5) is 3.65. The third-order valence-electron chi connectivity index (χ3n) is 10.1. The Hall–Kier alpha value is 0.0931. The Morgan fingerprint density at radius 3 is 1.78 bits per heavy atom. The maximum Gasteiger partial charge on any atom is -0.147 e. The van der Waals surface area contributed by atoms with E-state index in [2.05, 4.69) is 87.8 Å². The number of nitrogens with one attached hydrogen (secondary N) is 1. The first-order chi connectivity index (χ1) is 8.55. The predicted molar refractivity (Wildman–Crippen MR) is 114 cm³/mol. The monoisotopic (exact) mass is 440 g/mol. The number of hydrogen-bond acceptors (Lipinski definition) is 0. The smallest absolute Gasteiger partial charge is 0.147 e. The minimum atomic E-state index is -5.86. The van der Waals surface area contributed by atoms with E-state index < -0.39 is 10.9 Å². The molecule has 2 rings (SSSR count). The molecule has 1 aliphatic rings. The average molecular weight is 443 g/mol. The first kappa shape index (κ1) is 23.1. The van der Waals surface area contributed by atoms with E-state index in [9.17, 15) is 0 Å². The summed E-state index contributed by atoms with van der Waals surface area (Å²) >= 11 is 0. The Morgan fingerprint density at radius 2 is 1.48 bits per heavy atom. The molecule has 1 aliphatic carbocycles. The van der Waals surface area contributed by atoms with Gasteiger partial charge < -0.3 is 0 Å². The summed E-state index contributed by atoms with van der Waals surface area (Å²) in [6, 6.07) is 4.43. The van der Waals surface area contributed by atoms with Gasteiger partial charge in [-0.05, 0) is 0 Å². The third kappa shape index (κ3) is 1.92. The zero-order valence-electron chi connectivity index (χ0n) is 16.5. The molecule has 0 bridgehead atoms. The van der Waals surface area contributed by atoms with Gasteiger partial charge in [0.05, 0.1) is 0 Å². The van der Waals surface area contributed by atoms with E-state index in [0.29, 0.717) is 0 Å². The molecule has 0 saturated carbocycles. The minimum absolute atomic E-state index is 0. The van der Waals surface area contributed by atoms with Gasteiger partial charge in [-0.25, -0.2) is 0 Å². The van der Waals surface area contributed by atoms with Crippen LogP contribution >= 0.6 is 24.8 Å². The number of aromatic amines is 1. The molecule has 1 N–H and O–H groups in total. The van der Waals surface area contributed by atoms with Crippen LogP contribution in [0, 0.1) is 0 Å². The number of rotatable bonds is 2. The van der Waals surface area contributed by atoms with E-state index in [1.54, 1.807) is 0 Å². The Bertz CT molecular complexity index is 959. The minimum Gasteiger partial charge on any atom is -0.147 e. The van der Waals surface area contributed by atoms with E-state index in [4.69, 9.17) is 0 Å². The van der Waals surface area contributed by atoms with E-state index in [1.807, 2.05) is 0 Å². The van der Waals surface area contributed by atoms with Crippen LogP contribution in [0.2, 0.25) is 32.4 Å². The van der Waals surface area contributed by atoms with Crippen molar-refractivity contribution in [3.63, 3.8) is 0 Å². The molecule has 0 aliphatic heterocycles. The van der Waals surface area contributed by atoms with Gasteiger partial charge in [-0.2, -0.15) is 0 Å². The molecule has 0 amide bonds. The summed E-state index contributed by atoms with van der Waals surface area (Å²) in [6.07, 6.45) is 9.94. The molecule has 0 spiro atoms. The zero-order valence-corrected chi connectivity index (χ0v) is 20.6. The molecule has 1 heterocycles. The van der Waals surface area contributed by atoms with Crippen LogP contribution in [-0.2, 0) is 10.9 Å². The molecule has 0 radical (unpaired) electrons. The largest absolute Gasteiger partial charge is 0.147 e. The Balaban J connectivity index is 0.00000242. The standard InChI is InChI=1S/C5H5.C4H4N.C3H6.7CH3.2ClH.Zr/c2*1-2-4-5-3-1;1-3-2;;;;;;;;;;/h1-3H,4H2;1-3,5H;1-2H3;7*1H3;2*1H;. The van der Waals surface area contributed by atoms with E-state index in [0.717, 1.165) is 6.42 Å². The van der Waals surface area contributed by atoms with Gasteiger partial charge in [0, 0.05) is 0 Å². The number of aromatic nitrogens is 1. The SMILES string of the molecule is C[C](C)=[Zr]([CH3])([CH3])([CH3])([CH3])([CH3])([CH3])([CH3])([C]1=CC=CC1)[c]1ccc[nH]1.Cl.Cl. The molecule has 1 aromatic rings. The summed E-state index contributed by atoms with van der Waals surface area (Å²) in [5.74, 6) is 0.